The Balaban J connectivity index is 2.75. The molecule has 4 nitrogen and oxygen atoms in total. The van der Waals surface area contributed by atoms with Gasteiger partial charge in [-0.05, 0) is 13.0 Å². The van der Waals surface area contributed by atoms with Gasteiger partial charge in [0.2, 0.25) is 0 Å². The normalized spacial score (nSPS) is 12.6. The van der Waals surface area contributed by atoms with Gasteiger partial charge in [-0.1, -0.05) is 15.9 Å². The molecule has 0 N–H and O–H groups in total. The summed E-state index contributed by atoms with van der Waals surface area (Å²) >= 11 is 3.34. The molecule has 1 aromatic rings. The third kappa shape index (κ3) is 2.35. The average molecular weight is 260 g/mol. The Morgan fingerprint density at radius 3 is 2.86 bits per heavy atom. The van der Waals surface area contributed by atoms with Crippen molar-refractivity contribution in [1.29, 1.82) is 0 Å². The highest BCUT2D eigenvalue weighted by Crippen LogP contribution is 2.05. The van der Waals surface area contributed by atoms with E-state index in [2.05, 4.69) is 21.0 Å². The van der Waals surface area contributed by atoms with Crippen LogP contribution >= 0.6 is 15.9 Å². The van der Waals surface area contributed by atoms with Crippen molar-refractivity contribution in [2.75, 3.05) is 12.4 Å². The van der Waals surface area contributed by atoms with E-state index in [0.717, 1.165) is 5.33 Å². The van der Waals surface area contributed by atoms with E-state index in [1.165, 1.54) is 0 Å². The van der Waals surface area contributed by atoms with E-state index in [1.807, 2.05) is 6.92 Å². The second-order valence-electron chi connectivity index (χ2n) is 3.29. The summed E-state index contributed by atoms with van der Waals surface area (Å²) in [6.45, 7) is 1.98. The summed E-state index contributed by atoms with van der Waals surface area (Å²) in [6, 6.07) is 1.89. The minimum atomic E-state index is -0.0439. The summed E-state index contributed by atoms with van der Waals surface area (Å²) in [5.74, 6) is -0.0439. The molecule has 0 aliphatic heterocycles. The predicted octanol–water partition coefficient (Wildman–Crippen LogP) is 1.28. The maximum atomic E-state index is 11.8. The quantitative estimate of drug-likeness (QED) is 0.768. The Kier molecular flexibility index (Phi) is 3.69. The van der Waals surface area contributed by atoms with Crippen LogP contribution < -0.4 is 0 Å². The molecule has 1 rings (SSSR count). The van der Waals surface area contributed by atoms with Crippen molar-refractivity contribution >= 4 is 21.8 Å². The number of nitrogens with zero attached hydrogens (tertiary/aromatic N) is 3. The minimum Gasteiger partial charge on any atom is -0.337 e. The van der Waals surface area contributed by atoms with Crippen LogP contribution in [0.15, 0.2) is 12.3 Å². The first-order valence-electron chi connectivity index (χ1n) is 4.39. The first kappa shape index (κ1) is 11.2. The van der Waals surface area contributed by atoms with E-state index in [0.29, 0.717) is 5.69 Å². The summed E-state index contributed by atoms with van der Waals surface area (Å²) in [6.07, 6.45) is 1.76. The number of amides is 1. The number of carbonyl (C=O) groups is 1. The third-order valence-electron chi connectivity index (χ3n) is 2.14. The van der Waals surface area contributed by atoms with Gasteiger partial charge in [0.15, 0.2) is 0 Å². The Morgan fingerprint density at radius 2 is 2.43 bits per heavy atom. The van der Waals surface area contributed by atoms with Crippen molar-refractivity contribution in [3.8, 4) is 0 Å². The number of rotatable bonds is 3. The minimum absolute atomic E-state index is 0.0439. The van der Waals surface area contributed by atoms with Gasteiger partial charge in [-0.15, -0.1) is 0 Å². The number of aromatic nitrogens is 2. The van der Waals surface area contributed by atoms with Crippen LogP contribution in [0.4, 0.5) is 0 Å². The number of aryl methyl sites for hydroxylation is 1. The van der Waals surface area contributed by atoms with Gasteiger partial charge >= 0.3 is 0 Å². The van der Waals surface area contributed by atoms with E-state index >= 15 is 0 Å². The van der Waals surface area contributed by atoms with Gasteiger partial charge in [0, 0.05) is 31.7 Å². The highest BCUT2D eigenvalue weighted by molar-refractivity contribution is 9.09. The molecule has 14 heavy (non-hydrogen) atoms. The van der Waals surface area contributed by atoms with Crippen molar-refractivity contribution in [3.05, 3.63) is 18.0 Å². The molecule has 1 amide bonds. The van der Waals surface area contributed by atoms with Gasteiger partial charge in [-0.2, -0.15) is 5.10 Å². The zero-order chi connectivity index (χ0) is 10.7. The van der Waals surface area contributed by atoms with Crippen molar-refractivity contribution in [1.82, 2.24) is 14.7 Å². The standard InChI is InChI=1S/C9H14BrN3O/c1-7(6-10)13(3)9(14)8-4-5-12(2)11-8/h4-5,7H,6H2,1-3H3. The number of carbonyl (C=O) groups excluding carboxylic acids is 1. The largest absolute Gasteiger partial charge is 0.337 e. The number of alkyl halides is 1. The number of hydrogen-bond donors (Lipinski definition) is 0. The Labute approximate surface area is 92.0 Å². The molecule has 0 fully saturated rings. The highest BCUT2D eigenvalue weighted by atomic mass is 79.9. The number of halogens is 1. The Hall–Kier alpha value is -0.840. The van der Waals surface area contributed by atoms with Crippen molar-refractivity contribution in [3.63, 3.8) is 0 Å². The lowest BCUT2D eigenvalue weighted by atomic mass is 10.3. The Bertz CT molecular complexity index is 324. The highest BCUT2D eigenvalue weighted by Gasteiger charge is 2.18. The van der Waals surface area contributed by atoms with E-state index in [9.17, 15) is 4.79 Å². The molecular weight excluding hydrogens is 246 g/mol. The van der Waals surface area contributed by atoms with Crippen molar-refractivity contribution in [2.24, 2.45) is 7.05 Å². The maximum Gasteiger partial charge on any atom is 0.274 e. The van der Waals surface area contributed by atoms with Crippen LogP contribution in [0.5, 0.6) is 0 Å². The van der Waals surface area contributed by atoms with Gasteiger partial charge in [0.1, 0.15) is 5.69 Å². The summed E-state index contributed by atoms with van der Waals surface area (Å²) < 4.78 is 1.62. The molecule has 0 aromatic carbocycles. The lowest BCUT2D eigenvalue weighted by molar-refractivity contribution is 0.0751. The van der Waals surface area contributed by atoms with E-state index in [4.69, 9.17) is 0 Å². The fourth-order valence-electron chi connectivity index (χ4n) is 1.01. The van der Waals surface area contributed by atoms with Crippen molar-refractivity contribution in [2.45, 2.75) is 13.0 Å². The van der Waals surface area contributed by atoms with Crippen LogP contribution in [0.2, 0.25) is 0 Å². The molecule has 0 saturated carbocycles. The lowest BCUT2D eigenvalue weighted by Crippen LogP contribution is -2.36. The smallest absolute Gasteiger partial charge is 0.274 e. The SMILES string of the molecule is CC(CBr)N(C)C(=O)c1ccn(C)n1. The molecule has 1 atom stereocenters. The molecule has 0 bridgehead atoms. The molecule has 1 aromatic heterocycles. The van der Waals surface area contributed by atoms with Gasteiger partial charge in [0.25, 0.3) is 5.91 Å². The molecule has 78 valence electrons. The van der Waals surface area contributed by atoms with Crippen LogP contribution in [-0.2, 0) is 7.05 Å². The summed E-state index contributed by atoms with van der Waals surface area (Å²) in [4.78, 5) is 13.5. The lowest BCUT2D eigenvalue weighted by Gasteiger charge is -2.21. The second-order valence-corrected chi connectivity index (χ2v) is 3.94. The summed E-state index contributed by atoms with van der Waals surface area (Å²) in [5, 5.41) is 4.82. The fourth-order valence-corrected chi connectivity index (χ4v) is 1.45. The third-order valence-corrected chi connectivity index (χ3v) is 3.07. The molecule has 1 unspecified atom stereocenters. The average Bonchev–Trinajstić information content (AvgIpc) is 2.61. The molecule has 0 spiro atoms. The van der Waals surface area contributed by atoms with Crippen molar-refractivity contribution < 1.29 is 4.79 Å². The van der Waals surface area contributed by atoms with Crippen LogP contribution in [-0.4, -0.2) is 39.0 Å². The van der Waals surface area contributed by atoms with Crippen LogP contribution in [0.25, 0.3) is 0 Å². The first-order chi connectivity index (χ1) is 6.56. The van der Waals surface area contributed by atoms with Crippen LogP contribution in [0.3, 0.4) is 0 Å². The zero-order valence-electron chi connectivity index (χ0n) is 8.57. The molecule has 0 aliphatic rings. The number of hydrogen-bond acceptors (Lipinski definition) is 2. The second kappa shape index (κ2) is 4.59. The van der Waals surface area contributed by atoms with E-state index < -0.39 is 0 Å². The first-order valence-corrected chi connectivity index (χ1v) is 5.51. The molecular formula is C9H14BrN3O. The molecule has 0 radical (unpaired) electrons. The van der Waals surface area contributed by atoms with Gasteiger partial charge in [0.05, 0.1) is 0 Å². The topological polar surface area (TPSA) is 38.1 Å². The molecule has 0 aliphatic carbocycles. The van der Waals surface area contributed by atoms with Gasteiger partial charge in [-0.3, -0.25) is 9.48 Å². The zero-order valence-corrected chi connectivity index (χ0v) is 10.2. The van der Waals surface area contributed by atoms with Crippen LogP contribution in [0, 0.1) is 0 Å². The van der Waals surface area contributed by atoms with Gasteiger partial charge in [-0.25, -0.2) is 0 Å². The summed E-state index contributed by atoms with van der Waals surface area (Å²) in [5.41, 5.74) is 0.489. The molecule has 1 heterocycles. The molecule has 5 heteroatoms. The monoisotopic (exact) mass is 259 g/mol. The Morgan fingerprint density at radius 1 is 1.79 bits per heavy atom. The van der Waals surface area contributed by atoms with E-state index in [-0.39, 0.29) is 11.9 Å². The maximum absolute atomic E-state index is 11.8. The summed E-state index contributed by atoms with van der Waals surface area (Å²) in [7, 11) is 3.58. The predicted molar refractivity (Wildman–Crippen MR) is 58.6 cm³/mol. The van der Waals surface area contributed by atoms with Gasteiger partial charge < -0.3 is 4.90 Å². The van der Waals surface area contributed by atoms with Crippen LogP contribution in [0.1, 0.15) is 17.4 Å². The van der Waals surface area contributed by atoms with E-state index in [1.54, 1.807) is 35.9 Å². The molecule has 0 saturated heterocycles. The fraction of sp³-hybridized carbons (Fsp3) is 0.556.